The van der Waals surface area contributed by atoms with Crippen molar-refractivity contribution >= 4 is 27.5 Å². The number of anilines is 1. The van der Waals surface area contributed by atoms with Crippen LogP contribution < -0.4 is 14.4 Å². The van der Waals surface area contributed by atoms with Crippen molar-refractivity contribution in [1.29, 1.82) is 0 Å². The fourth-order valence-corrected chi connectivity index (χ4v) is 7.69. The van der Waals surface area contributed by atoms with E-state index in [1.54, 1.807) is 42.5 Å². The molecule has 2 amide bonds. The van der Waals surface area contributed by atoms with E-state index in [0.29, 0.717) is 11.5 Å². The normalized spacial score (nSPS) is 13.7. The van der Waals surface area contributed by atoms with Gasteiger partial charge in [0.1, 0.15) is 24.1 Å². The Morgan fingerprint density at radius 3 is 1.80 bits per heavy atom. The highest BCUT2D eigenvalue weighted by Crippen LogP contribution is 2.29. The number of benzene rings is 5. The lowest BCUT2D eigenvalue weighted by Crippen LogP contribution is -2.54. The third-order valence-corrected chi connectivity index (χ3v) is 10.7. The lowest BCUT2D eigenvalue weighted by molar-refractivity contribution is -0.140. The molecule has 1 aliphatic rings. The molecule has 1 aliphatic carbocycles. The van der Waals surface area contributed by atoms with Gasteiger partial charge in [0.2, 0.25) is 11.8 Å². The highest BCUT2D eigenvalue weighted by atomic mass is 32.2. The number of ether oxygens (including phenoxy) is 1. The highest BCUT2D eigenvalue weighted by Gasteiger charge is 2.35. The zero-order valence-electron chi connectivity index (χ0n) is 27.8. The number of carbonyl (C=O) groups excluding carboxylic acids is 2. The second-order valence-corrected chi connectivity index (χ2v) is 14.3. The minimum atomic E-state index is -4.21. The van der Waals surface area contributed by atoms with Gasteiger partial charge in [-0.3, -0.25) is 13.9 Å². The summed E-state index contributed by atoms with van der Waals surface area (Å²) in [5, 5.41) is 3.21. The van der Waals surface area contributed by atoms with Gasteiger partial charge in [-0.15, -0.1) is 0 Å². The quantitative estimate of drug-likeness (QED) is 0.132. The van der Waals surface area contributed by atoms with Gasteiger partial charge >= 0.3 is 0 Å². The van der Waals surface area contributed by atoms with Gasteiger partial charge in [0.05, 0.1) is 10.6 Å². The van der Waals surface area contributed by atoms with Gasteiger partial charge in [0.25, 0.3) is 10.0 Å². The molecule has 5 aromatic rings. The van der Waals surface area contributed by atoms with Crippen LogP contribution in [0.3, 0.4) is 0 Å². The predicted octanol–water partition coefficient (Wildman–Crippen LogP) is 7.37. The van der Waals surface area contributed by atoms with Gasteiger partial charge in [-0.05, 0) is 72.5 Å². The molecule has 0 radical (unpaired) electrons. The van der Waals surface area contributed by atoms with Crippen LogP contribution in [-0.2, 0) is 32.6 Å². The van der Waals surface area contributed by atoms with Gasteiger partial charge in [-0.1, -0.05) is 110 Å². The van der Waals surface area contributed by atoms with Crippen LogP contribution in [0.4, 0.5) is 5.69 Å². The van der Waals surface area contributed by atoms with Crippen molar-refractivity contribution in [3.8, 4) is 11.5 Å². The Hall–Kier alpha value is -5.41. The summed E-state index contributed by atoms with van der Waals surface area (Å²) in [5.41, 5.74) is 2.01. The van der Waals surface area contributed by atoms with E-state index < -0.39 is 28.5 Å². The predicted molar refractivity (Wildman–Crippen MR) is 195 cm³/mol. The summed E-state index contributed by atoms with van der Waals surface area (Å²) >= 11 is 0. The average molecular weight is 688 g/mol. The number of hydrogen-bond acceptors (Lipinski definition) is 5. The average Bonchev–Trinajstić information content (AvgIpc) is 3.67. The first-order chi connectivity index (χ1) is 24.4. The first-order valence-corrected chi connectivity index (χ1v) is 18.4. The fraction of sp³-hybridized carbons (Fsp3) is 0.220. The Morgan fingerprint density at radius 1 is 0.680 bits per heavy atom. The Kier molecular flexibility index (Phi) is 11.3. The molecule has 9 heteroatoms. The van der Waals surface area contributed by atoms with Crippen LogP contribution in [0.2, 0.25) is 0 Å². The molecule has 6 rings (SSSR count). The van der Waals surface area contributed by atoms with Crippen molar-refractivity contribution in [3.05, 3.63) is 157 Å². The molecule has 1 saturated carbocycles. The summed E-state index contributed by atoms with van der Waals surface area (Å²) in [6.45, 7) is -0.400. The molecule has 50 heavy (non-hydrogen) atoms. The maximum atomic E-state index is 14.7. The molecule has 1 N–H and O–H groups in total. The Morgan fingerprint density at radius 2 is 1.20 bits per heavy atom. The minimum absolute atomic E-state index is 0.0426. The number of nitrogens with one attached hydrogen (secondary N) is 1. The first-order valence-electron chi connectivity index (χ1n) is 17.0. The largest absolute Gasteiger partial charge is 0.457 e. The van der Waals surface area contributed by atoms with Crippen LogP contribution in [0, 0.1) is 0 Å². The van der Waals surface area contributed by atoms with E-state index in [4.69, 9.17) is 4.74 Å². The van der Waals surface area contributed by atoms with Crippen molar-refractivity contribution in [2.45, 2.75) is 55.6 Å². The summed E-state index contributed by atoms with van der Waals surface area (Å²) < 4.78 is 35.7. The molecule has 8 nitrogen and oxygen atoms in total. The van der Waals surface area contributed by atoms with Gasteiger partial charge in [-0.2, -0.15) is 0 Å². The molecule has 0 spiro atoms. The third kappa shape index (κ3) is 8.78. The van der Waals surface area contributed by atoms with Crippen molar-refractivity contribution in [1.82, 2.24) is 10.2 Å². The van der Waals surface area contributed by atoms with E-state index in [0.717, 1.165) is 41.1 Å². The Labute approximate surface area is 294 Å². The topological polar surface area (TPSA) is 96.0 Å². The number of hydrogen-bond donors (Lipinski definition) is 1. The second-order valence-electron chi connectivity index (χ2n) is 12.4. The van der Waals surface area contributed by atoms with Crippen LogP contribution in [0.15, 0.2) is 150 Å². The van der Waals surface area contributed by atoms with Crippen molar-refractivity contribution in [2.75, 3.05) is 10.8 Å². The molecule has 0 saturated heterocycles. The number of rotatable bonds is 14. The molecular weight excluding hydrogens is 647 g/mol. The number of nitrogens with zero attached hydrogens (tertiary/aromatic N) is 2. The zero-order chi connectivity index (χ0) is 34.8. The summed E-state index contributed by atoms with van der Waals surface area (Å²) in [5.74, 6) is 0.409. The monoisotopic (exact) mass is 687 g/mol. The van der Waals surface area contributed by atoms with Gasteiger partial charge in [0, 0.05) is 19.0 Å². The molecule has 1 fully saturated rings. The van der Waals surface area contributed by atoms with E-state index >= 15 is 0 Å². The van der Waals surface area contributed by atoms with E-state index in [1.165, 1.54) is 17.0 Å². The summed E-state index contributed by atoms with van der Waals surface area (Å²) in [6.07, 6.45) is 4.15. The molecule has 0 aromatic heterocycles. The molecule has 1 atom stereocenters. The maximum absolute atomic E-state index is 14.7. The molecule has 5 aromatic carbocycles. The molecular formula is C41H41N3O5S. The van der Waals surface area contributed by atoms with Crippen molar-refractivity contribution in [3.63, 3.8) is 0 Å². The zero-order valence-corrected chi connectivity index (χ0v) is 28.6. The summed E-state index contributed by atoms with van der Waals surface area (Å²) in [7, 11) is -4.21. The van der Waals surface area contributed by atoms with Crippen molar-refractivity contribution in [2.24, 2.45) is 0 Å². The second kappa shape index (κ2) is 16.3. The first kappa shape index (κ1) is 34.5. The Bertz CT molecular complexity index is 1940. The SMILES string of the molecule is O=C(NC1CCCC1)[C@@H](Cc1ccccc1)N(Cc1ccccc1)C(=O)CN(c1ccc(Oc2ccccc2)cc1)S(=O)(=O)c1ccccc1. The standard InChI is InChI=1S/C41H41N3O5S/c45-40(31-44(50(47,48)38-23-11-4-12-24-38)35-25-27-37(28-26-35)49-36-21-9-3-10-22-36)43(30-33-17-7-2-8-18-33)39(29-32-15-5-1-6-16-32)41(46)42-34-19-13-14-20-34/h1-12,15-18,21-28,34,39H,13-14,19-20,29-31H2,(H,42,46)/t39-/m1/s1. The van der Waals surface area contributed by atoms with E-state index in [1.807, 2.05) is 91.0 Å². The number of amides is 2. The number of sulfonamides is 1. The van der Waals surface area contributed by atoms with Crippen LogP contribution in [0.1, 0.15) is 36.8 Å². The smallest absolute Gasteiger partial charge is 0.264 e. The molecule has 0 bridgehead atoms. The minimum Gasteiger partial charge on any atom is -0.457 e. The summed E-state index contributed by atoms with van der Waals surface area (Å²) in [4.78, 5) is 30.4. The van der Waals surface area contributed by atoms with Gasteiger partial charge < -0.3 is 15.0 Å². The number of para-hydroxylation sites is 1. The van der Waals surface area contributed by atoms with E-state index in [2.05, 4.69) is 5.32 Å². The molecule has 0 heterocycles. The molecule has 256 valence electrons. The highest BCUT2D eigenvalue weighted by molar-refractivity contribution is 7.92. The van der Waals surface area contributed by atoms with Gasteiger partial charge in [-0.25, -0.2) is 8.42 Å². The fourth-order valence-electron chi connectivity index (χ4n) is 6.26. The summed E-state index contributed by atoms with van der Waals surface area (Å²) in [6, 6.07) is 42.2. The van der Waals surface area contributed by atoms with E-state index in [-0.39, 0.29) is 35.5 Å². The Balaban J connectivity index is 1.36. The lowest BCUT2D eigenvalue weighted by Gasteiger charge is -2.34. The van der Waals surface area contributed by atoms with Crippen LogP contribution >= 0.6 is 0 Å². The third-order valence-electron chi connectivity index (χ3n) is 8.88. The molecule has 0 unspecified atom stereocenters. The van der Waals surface area contributed by atoms with Crippen LogP contribution in [0.5, 0.6) is 11.5 Å². The van der Waals surface area contributed by atoms with Crippen molar-refractivity contribution < 1.29 is 22.7 Å². The number of carbonyl (C=O) groups is 2. The van der Waals surface area contributed by atoms with Crippen LogP contribution in [0.25, 0.3) is 0 Å². The van der Waals surface area contributed by atoms with Gasteiger partial charge in [0.15, 0.2) is 0 Å². The lowest BCUT2D eigenvalue weighted by atomic mass is 10.0. The van der Waals surface area contributed by atoms with E-state index in [9.17, 15) is 18.0 Å². The maximum Gasteiger partial charge on any atom is 0.264 e. The molecule has 0 aliphatic heterocycles. The van der Waals surface area contributed by atoms with Crippen LogP contribution in [-0.4, -0.2) is 43.8 Å².